The van der Waals surface area contributed by atoms with E-state index in [1.165, 1.54) is 7.11 Å². The molecule has 1 saturated heterocycles. The maximum Gasteiger partial charge on any atom is 0.331 e. The average molecular weight is 429 g/mol. The maximum absolute atomic E-state index is 11.8. The van der Waals surface area contributed by atoms with Crippen LogP contribution in [0.4, 0.5) is 0 Å². The first kappa shape index (κ1) is 20.9. The zero-order chi connectivity index (χ0) is 21.0. The zero-order valence-corrected chi connectivity index (χ0v) is 18.1. The summed E-state index contributed by atoms with van der Waals surface area (Å²) in [7, 11) is 1.25. The van der Waals surface area contributed by atoms with Crippen molar-refractivity contribution in [2.75, 3.05) is 7.11 Å². The third-order valence-electron chi connectivity index (χ3n) is 3.89. The van der Waals surface area contributed by atoms with E-state index < -0.39 is 11.9 Å². The molecule has 0 atom stereocenters. The van der Waals surface area contributed by atoms with Crippen molar-refractivity contribution in [1.82, 2.24) is 10.3 Å². The predicted molar refractivity (Wildman–Crippen MR) is 117 cm³/mol. The highest BCUT2D eigenvalue weighted by Crippen LogP contribution is 2.29. The number of benzene rings is 1. The number of rotatable bonds is 4. The number of carbonyl (C=O) groups is 2. The Morgan fingerprint density at radius 3 is 2.59 bits per heavy atom. The van der Waals surface area contributed by atoms with E-state index in [1.54, 1.807) is 17.6 Å². The summed E-state index contributed by atoms with van der Waals surface area (Å²) in [5, 5.41) is 13.9. The molecule has 1 aliphatic heterocycles. The van der Waals surface area contributed by atoms with Crippen molar-refractivity contribution in [3.05, 3.63) is 51.9 Å². The van der Waals surface area contributed by atoms with Crippen LogP contribution in [0.2, 0.25) is 0 Å². The molecule has 0 spiro atoms. The fraction of sp³-hybridized carbons (Fsp3) is 0.250. The van der Waals surface area contributed by atoms with E-state index in [0.717, 1.165) is 39.7 Å². The number of nitrogens with zero attached hydrogens (tertiary/aromatic N) is 3. The number of aromatic nitrogens is 1. The summed E-state index contributed by atoms with van der Waals surface area (Å²) >= 11 is 2.66. The van der Waals surface area contributed by atoms with E-state index in [-0.39, 0.29) is 10.3 Å². The molecular weight excluding hydrogens is 408 g/mol. The van der Waals surface area contributed by atoms with Crippen LogP contribution < -0.4 is 5.32 Å². The van der Waals surface area contributed by atoms with Crippen LogP contribution in [-0.2, 0) is 19.7 Å². The van der Waals surface area contributed by atoms with E-state index in [1.807, 2.05) is 24.3 Å². The highest BCUT2D eigenvalue weighted by atomic mass is 32.2. The fourth-order valence-corrected chi connectivity index (χ4v) is 4.04. The summed E-state index contributed by atoms with van der Waals surface area (Å²) in [6.07, 6.45) is 2.71. The van der Waals surface area contributed by atoms with Gasteiger partial charge in [-0.05, 0) is 17.3 Å². The van der Waals surface area contributed by atoms with E-state index >= 15 is 0 Å². The number of thioether (sulfide) groups is 1. The molecule has 1 aromatic carbocycles. The lowest BCUT2D eigenvalue weighted by Gasteiger charge is -2.14. The predicted octanol–water partition coefficient (Wildman–Crippen LogP) is 3.72. The summed E-state index contributed by atoms with van der Waals surface area (Å²) in [6, 6.07) is 7.84. The Labute approximate surface area is 177 Å². The van der Waals surface area contributed by atoms with Gasteiger partial charge in [-0.15, -0.1) is 16.4 Å². The minimum absolute atomic E-state index is 0.0279. The summed E-state index contributed by atoms with van der Waals surface area (Å²) in [4.78, 5) is 27.9. The zero-order valence-electron chi connectivity index (χ0n) is 16.4. The van der Waals surface area contributed by atoms with Gasteiger partial charge in [-0.1, -0.05) is 45.0 Å². The number of amides is 1. The summed E-state index contributed by atoms with van der Waals surface area (Å²) in [5.41, 5.74) is 3.02. The number of hydrogen-bond donors (Lipinski definition) is 1. The van der Waals surface area contributed by atoms with E-state index in [4.69, 9.17) is 4.98 Å². The van der Waals surface area contributed by atoms with Crippen molar-refractivity contribution in [3.63, 3.8) is 0 Å². The van der Waals surface area contributed by atoms with Gasteiger partial charge in [0.2, 0.25) is 0 Å². The van der Waals surface area contributed by atoms with Crippen LogP contribution in [0.25, 0.3) is 10.6 Å². The fourth-order valence-electron chi connectivity index (χ4n) is 2.25. The smallest absolute Gasteiger partial charge is 0.331 e. The van der Waals surface area contributed by atoms with Crippen molar-refractivity contribution >= 4 is 46.4 Å². The molecule has 7 nitrogen and oxygen atoms in total. The molecule has 0 bridgehead atoms. The third-order valence-corrected chi connectivity index (χ3v) is 5.68. The molecule has 0 aliphatic carbocycles. The number of thiazole rings is 1. The lowest BCUT2D eigenvalue weighted by Crippen LogP contribution is -2.19. The Hall–Kier alpha value is -2.78. The number of esters is 1. The van der Waals surface area contributed by atoms with Gasteiger partial charge in [-0.2, -0.15) is 5.10 Å². The van der Waals surface area contributed by atoms with Gasteiger partial charge >= 0.3 is 5.97 Å². The highest BCUT2D eigenvalue weighted by molar-refractivity contribution is 8.18. The lowest BCUT2D eigenvalue weighted by molar-refractivity contribution is -0.135. The second-order valence-corrected chi connectivity index (χ2v) is 9.04. The minimum Gasteiger partial charge on any atom is -0.466 e. The van der Waals surface area contributed by atoms with Gasteiger partial charge in [0, 0.05) is 22.4 Å². The van der Waals surface area contributed by atoms with E-state index in [0.29, 0.717) is 5.17 Å². The normalized spacial score (nSPS) is 17.3. The number of hydrogen-bond acceptors (Lipinski definition) is 8. The lowest BCUT2D eigenvalue weighted by atomic mass is 9.93. The SMILES string of the molecule is COC(=O)/C=C1/S/C(=N\N=Cc2ccc(-c3nc(C(C)(C)C)cs3)cc2)NC1=O. The topological polar surface area (TPSA) is 93.0 Å². The molecule has 9 heteroatoms. The molecule has 2 heterocycles. The molecule has 0 unspecified atom stereocenters. The quantitative estimate of drug-likeness (QED) is 0.347. The standard InChI is InChI=1S/C20H20N4O3S2/c1-20(2,3)15-11-28-18(22-15)13-7-5-12(6-8-13)10-21-24-19-23-17(26)14(29-19)9-16(25)27-4/h5-11H,1-4H3,(H,23,24,26)/b14-9+,21-10?. The highest BCUT2D eigenvalue weighted by Gasteiger charge is 2.25. The van der Waals surface area contributed by atoms with Crippen LogP contribution in [-0.4, -0.2) is 35.4 Å². The molecule has 150 valence electrons. The Bertz CT molecular complexity index is 1020. The molecule has 0 radical (unpaired) electrons. The Balaban J connectivity index is 1.66. The van der Waals surface area contributed by atoms with Gasteiger partial charge in [0.15, 0.2) is 5.17 Å². The van der Waals surface area contributed by atoms with E-state index in [2.05, 4.69) is 46.4 Å². The van der Waals surface area contributed by atoms with Gasteiger partial charge in [0.05, 0.1) is 23.9 Å². The van der Waals surface area contributed by atoms with Crippen LogP contribution in [0.1, 0.15) is 32.0 Å². The first-order valence-electron chi connectivity index (χ1n) is 8.72. The number of amidine groups is 1. The number of methoxy groups -OCH3 is 1. The number of carbonyl (C=O) groups excluding carboxylic acids is 2. The van der Waals surface area contributed by atoms with Crippen LogP contribution in [0.5, 0.6) is 0 Å². The minimum atomic E-state index is -0.595. The monoisotopic (exact) mass is 428 g/mol. The first-order valence-corrected chi connectivity index (χ1v) is 10.4. The summed E-state index contributed by atoms with van der Waals surface area (Å²) in [5.74, 6) is -1.00. The van der Waals surface area contributed by atoms with Crippen LogP contribution >= 0.6 is 23.1 Å². The second-order valence-electron chi connectivity index (χ2n) is 7.15. The molecular formula is C20H20N4O3S2. The van der Waals surface area contributed by atoms with Crippen molar-refractivity contribution < 1.29 is 14.3 Å². The maximum atomic E-state index is 11.8. The first-order chi connectivity index (χ1) is 13.8. The van der Waals surface area contributed by atoms with Crippen molar-refractivity contribution in [2.45, 2.75) is 26.2 Å². The molecule has 2 aromatic rings. The van der Waals surface area contributed by atoms with Gasteiger partial charge in [-0.25, -0.2) is 9.78 Å². The van der Waals surface area contributed by atoms with Crippen LogP contribution in [0.3, 0.4) is 0 Å². The molecule has 1 aliphatic rings. The number of ether oxygens (including phenoxy) is 1. The van der Waals surface area contributed by atoms with Gasteiger partial charge in [0.25, 0.3) is 5.91 Å². The van der Waals surface area contributed by atoms with Crippen molar-refractivity contribution in [2.24, 2.45) is 10.2 Å². The Kier molecular flexibility index (Phi) is 6.29. The molecule has 1 fully saturated rings. The second kappa shape index (κ2) is 8.71. The van der Waals surface area contributed by atoms with Crippen LogP contribution in [0.15, 0.2) is 50.8 Å². The largest absolute Gasteiger partial charge is 0.466 e. The number of nitrogens with one attached hydrogen (secondary N) is 1. The van der Waals surface area contributed by atoms with Gasteiger partial charge in [-0.3, -0.25) is 10.1 Å². The Morgan fingerprint density at radius 2 is 1.97 bits per heavy atom. The molecule has 0 saturated carbocycles. The molecule has 1 N–H and O–H groups in total. The van der Waals surface area contributed by atoms with Crippen molar-refractivity contribution in [1.29, 1.82) is 0 Å². The molecule has 1 amide bonds. The van der Waals surface area contributed by atoms with Crippen molar-refractivity contribution in [3.8, 4) is 10.6 Å². The Morgan fingerprint density at radius 1 is 1.24 bits per heavy atom. The molecule has 3 rings (SSSR count). The molecule has 1 aromatic heterocycles. The van der Waals surface area contributed by atoms with Crippen LogP contribution in [0, 0.1) is 0 Å². The summed E-state index contributed by atoms with van der Waals surface area (Å²) < 4.78 is 4.51. The third kappa shape index (κ3) is 5.39. The van der Waals surface area contributed by atoms with Gasteiger partial charge < -0.3 is 4.74 Å². The van der Waals surface area contributed by atoms with E-state index in [9.17, 15) is 9.59 Å². The average Bonchev–Trinajstić information content (AvgIpc) is 3.30. The summed E-state index contributed by atoms with van der Waals surface area (Å²) in [6.45, 7) is 6.43. The van der Waals surface area contributed by atoms with Gasteiger partial charge in [0.1, 0.15) is 5.01 Å². The molecule has 29 heavy (non-hydrogen) atoms.